The highest BCUT2D eigenvalue weighted by molar-refractivity contribution is 7.09. The monoisotopic (exact) mass is 412 g/mol. The molecule has 0 atom stereocenters. The van der Waals surface area contributed by atoms with E-state index in [1.165, 1.54) is 11.3 Å². The molecule has 0 radical (unpaired) electrons. The summed E-state index contributed by atoms with van der Waals surface area (Å²) in [5, 5.41) is 10.5. The highest BCUT2D eigenvalue weighted by Gasteiger charge is 2.18. The molecule has 7 heteroatoms. The van der Waals surface area contributed by atoms with Crippen LogP contribution in [0.2, 0.25) is 0 Å². The quantitative estimate of drug-likeness (QED) is 0.496. The normalized spacial score (nSPS) is 13.2. The summed E-state index contributed by atoms with van der Waals surface area (Å²) in [7, 11) is 0. The predicted octanol–water partition coefficient (Wildman–Crippen LogP) is 5.01. The smallest absolute Gasteiger partial charge is 0.257 e. The molecular formula is C23H16N4O2S. The summed E-state index contributed by atoms with van der Waals surface area (Å²) >= 11 is 1.49. The second-order valence-corrected chi connectivity index (χ2v) is 7.65. The molecular weight excluding hydrogens is 396 g/mol. The van der Waals surface area contributed by atoms with Gasteiger partial charge in [0, 0.05) is 28.0 Å². The lowest BCUT2D eigenvalue weighted by Gasteiger charge is -2.09. The van der Waals surface area contributed by atoms with Gasteiger partial charge in [0.2, 0.25) is 5.91 Å². The Morgan fingerprint density at radius 1 is 1.07 bits per heavy atom. The third-order valence-electron chi connectivity index (χ3n) is 4.81. The van der Waals surface area contributed by atoms with Gasteiger partial charge in [0.25, 0.3) is 5.91 Å². The van der Waals surface area contributed by atoms with Crippen LogP contribution >= 0.6 is 11.3 Å². The maximum absolute atomic E-state index is 12.7. The number of hydrogen-bond acceptors (Lipinski definition) is 5. The minimum Gasteiger partial charge on any atom is -0.323 e. The number of nitrogens with zero attached hydrogens (tertiary/aromatic N) is 2. The molecule has 0 spiro atoms. The van der Waals surface area contributed by atoms with Crippen molar-refractivity contribution < 1.29 is 9.59 Å². The number of anilines is 2. The van der Waals surface area contributed by atoms with Crippen LogP contribution in [0.25, 0.3) is 10.9 Å². The van der Waals surface area contributed by atoms with Gasteiger partial charge in [0.1, 0.15) is 0 Å². The van der Waals surface area contributed by atoms with Crippen molar-refractivity contribution in [2.75, 3.05) is 10.6 Å². The zero-order valence-electron chi connectivity index (χ0n) is 15.8. The summed E-state index contributed by atoms with van der Waals surface area (Å²) in [5.41, 5.74) is 4.88. The fourth-order valence-corrected chi connectivity index (χ4v) is 4.04. The standard InChI is InChI=1S/C23H16N4O2S/c28-22-10-19(26-20-12-30-13-21(20)27-22)15-5-3-6-17(9-15)25-23(29)16-8-14-4-1-2-7-18(14)24-11-16/h1-9,11-13H,10H2,(H,25,29)(H,27,28). The average Bonchev–Trinajstić information content (AvgIpc) is 3.12. The summed E-state index contributed by atoms with van der Waals surface area (Å²) in [6, 6.07) is 16.8. The molecule has 2 aromatic heterocycles. The van der Waals surface area contributed by atoms with E-state index in [0.717, 1.165) is 27.8 Å². The van der Waals surface area contributed by atoms with Crippen molar-refractivity contribution in [2.45, 2.75) is 6.42 Å². The lowest BCUT2D eigenvalue weighted by molar-refractivity contribution is -0.115. The maximum atomic E-state index is 12.7. The molecule has 2 amide bonds. The predicted molar refractivity (Wildman–Crippen MR) is 120 cm³/mol. The number of carbonyl (C=O) groups is 2. The lowest BCUT2D eigenvalue weighted by Crippen LogP contribution is -2.15. The van der Waals surface area contributed by atoms with Crippen LogP contribution in [0.3, 0.4) is 0 Å². The molecule has 146 valence electrons. The van der Waals surface area contributed by atoms with Gasteiger partial charge in [-0.15, -0.1) is 11.3 Å². The minimum atomic E-state index is -0.244. The first-order valence-corrected chi connectivity index (χ1v) is 10.3. The Morgan fingerprint density at radius 3 is 2.90 bits per heavy atom. The van der Waals surface area contributed by atoms with E-state index in [-0.39, 0.29) is 18.2 Å². The number of fused-ring (bicyclic) bond motifs is 2. The van der Waals surface area contributed by atoms with Gasteiger partial charge in [-0.05, 0) is 29.8 Å². The topological polar surface area (TPSA) is 83.5 Å². The van der Waals surface area contributed by atoms with Gasteiger partial charge >= 0.3 is 0 Å². The summed E-state index contributed by atoms with van der Waals surface area (Å²) in [5.74, 6) is -0.353. The molecule has 2 aromatic carbocycles. The van der Waals surface area contributed by atoms with Crippen LogP contribution in [-0.4, -0.2) is 22.5 Å². The Hall–Kier alpha value is -3.84. The van der Waals surface area contributed by atoms with Crippen LogP contribution in [0.1, 0.15) is 22.3 Å². The third-order valence-corrected chi connectivity index (χ3v) is 5.54. The number of amides is 2. The van der Waals surface area contributed by atoms with Crippen molar-refractivity contribution in [1.82, 2.24) is 4.98 Å². The van der Waals surface area contributed by atoms with Crippen LogP contribution in [-0.2, 0) is 4.79 Å². The van der Waals surface area contributed by atoms with Crippen LogP contribution in [0, 0.1) is 0 Å². The van der Waals surface area contributed by atoms with Gasteiger partial charge < -0.3 is 10.6 Å². The van der Waals surface area contributed by atoms with Crippen LogP contribution in [0.5, 0.6) is 0 Å². The zero-order valence-corrected chi connectivity index (χ0v) is 16.6. The average molecular weight is 412 g/mol. The van der Waals surface area contributed by atoms with Crippen molar-refractivity contribution in [3.05, 3.63) is 82.7 Å². The molecule has 0 fully saturated rings. The number of aromatic nitrogens is 1. The van der Waals surface area contributed by atoms with Crippen molar-refractivity contribution >= 4 is 56.8 Å². The molecule has 6 nitrogen and oxygen atoms in total. The molecule has 1 aliphatic rings. The highest BCUT2D eigenvalue weighted by atomic mass is 32.1. The van der Waals surface area contributed by atoms with Crippen LogP contribution in [0.4, 0.5) is 17.1 Å². The third kappa shape index (κ3) is 3.58. The van der Waals surface area contributed by atoms with Gasteiger partial charge in [-0.2, -0.15) is 0 Å². The minimum absolute atomic E-state index is 0.109. The molecule has 0 unspecified atom stereocenters. The lowest BCUT2D eigenvalue weighted by atomic mass is 10.1. The fraction of sp³-hybridized carbons (Fsp3) is 0.0435. The Labute approximate surface area is 176 Å². The molecule has 0 bridgehead atoms. The number of para-hydroxylation sites is 1. The number of thiophene rings is 1. The summed E-state index contributed by atoms with van der Waals surface area (Å²) < 4.78 is 0. The van der Waals surface area contributed by atoms with Crippen molar-refractivity contribution in [1.29, 1.82) is 0 Å². The number of pyridine rings is 1. The van der Waals surface area contributed by atoms with Crippen LogP contribution in [0.15, 0.2) is 76.5 Å². The van der Waals surface area contributed by atoms with E-state index in [4.69, 9.17) is 0 Å². The number of hydrogen-bond donors (Lipinski definition) is 2. The Morgan fingerprint density at radius 2 is 1.97 bits per heavy atom. The summed E-state index contributed by atoms with van der Waals surface area (Å²) in [6.07, 6.45) is 1.74. The first-order chi connectivity index (χ1) is 14.7. The molecule has 3 heterocycles. The van der Waals surface area contributed by atoms with E-state index >= 15 is 0 Å². The van der Waals surface area contributed by atoms with E-state index in [9.17, 15) is 9.59 Å². The molecule has 0 saturated carbocycles. The molecule has 2 N–H and O–H groups in total. The molecule has 30 heavy (non-hydrogen) atoms. The van der Waals surface area contributed by atoms with Gasteiger partial charge in [0.15, 0.2) is 0 Å². The Kier molecular flexibility index (Phi) is 4.57. The SMILES string of the molecule is O=C1CC(c2cccc(NC(=O)c3cnc4ccccc4c3)c2)=Nc2cscc2N1. The number of benzene rings is 2. The molecule has 0 saturated heterocycles. The second-order valence-electron chi connectivity index (χ2n) is 6.91. The highest BCUT2D eigenvalue weighted by Crippen LogP contribution is 2.32. The molecule has 0 aliphatic carbocycles. The number of rotatable bonds is 3. The van der Waals surface area contributed by atoms with Gasteiger partial charge in [-0.3, -0.25) is 14.6 Å². The van der Waals surface area contributed by atoms with Crippen molar-refractivity contribution in [3.8, 4) is 0 Å². The van der Waals surface area contributed by atoms with E-state index in [1.54, 1.807) is 6.20 Å². The first kappa shape index (κ1) is 18.2. The first-order valence-electron chi connectivity index (χ1n) is 9.36. The largest absolute Gasteiger partial charge is 0.323 e. The second kappa shape index (κ2) is 7.53. The van der Waals surface area contributed by atoms with Gasteiger partial charge in [-0.1, -0.05) is 30.3 Å². The fourth-order valence-electron chi connectivity index (χ4n) is 3.34. The van der Waals surface area contributed by atoms with E-state index in [2.05, 4.69) is 20.6 Å². The van der Waals surface area contributed by atoms with Gasteiger partial charge in [0.05, 0.1) is 34.6 Å². The van der Waals surface area contributed by atoms with E-state index in [0.29, 0.717) is 17.0 Å². The Balaban J connectivity index is 1.42. The number of carbonyl (C=O) groups excluding carboxylic acids is 2. The van der Waals surface area contributed by atoms with Crippen LogP contribution < -0.4 is 10.6 Å². The number of nitrogens with one attached hydrogen (secondary N) is 2. The zero-order chi connectivity index (χ0) is 20.5. The summed E-state index contributed by atoms with van der Waals surface area (Å²) in [4.78, 5) is 34.0. The molecule has 5 rings (SSSR count). The molecule has 4 aromatic rings. The number of aliphatic imine (C=N–C) groups is 1. The Bertz CT molecular complexity index is 1330. The van der Waals surface area contributed by atoms with Crippen molar-refractivity contribution in [2.24, 2.45) is 4.99 Å². The van der Waals surface area contributed by atoms with Gasteiger partial charge in [-0.25, -0.2) is 4.99 Å². The maximum Gasteiger partial charge on any atom is 0.257 e. The summed E-state index contributed by atoms with van der Waals surface area (Å²) in [6.45, 7) is 0. The van der Waals surface area contributed by atoms with E-state index < -0.39 is 0 Å². The van der Waals surface area contributed by atoms with Crippen molar-refractivity contribution in [3.63, 3.8) is 0 Å². The molecule has 1 aliphatic heterocycles. The van der Waals surface area contributed by atoms with E-state index in [1.807, 2.05) is 65.4 Å².